The number of nitrogens with zero attached hydrogens (tertiary/aromatic N) is 2. The van der Waals surface area contributed by atoms with Crippen molar-refractivity contribution in [2.24, 2.45) is 5.84 Å². The number of nitrogens with one attached hydrogen (secondary N) is 1. The molecule has 4 nitrogen and oxygen atoms in total. The summed E-state index contributed by atoms with van der Waals surface area (Å²) in [7, 11) is 1.73. The topological polar surface area (TPSA) is 54.2 Å². The number of nitrogens with two attached hydrogens (primary N) is 1. The van der Waals surface area contributed by atoms with E-state index < -0.39 is 11.6 Å². The Bertz CT molecular complexity index is 403. The van der Waals surface area contributed by atoms with Crippen LogP contribution in [-0.4, -0.2) is 30.1 Å². The molecule has 0 bridgehead atoms. The number of aromatic nitrogens is 1. The van der Waals surface area contributed by atoms with E-state index in [4.69, 9.17) is 5.84 Å². The molecule has 1 heterocycles. The van der Waals surface area contributed by atoms with Gasteiger partial charge in [-0.2, -0.15) is 11.8 Å². The maximum absolute atomic E-state index is 13.7. The third-order valence-corrected chi connectivity index (χ3v) is 3.43. The number of halogens is 2. The second kappa shape index (κ2) is 6.75. The fraction of sp³-hybridized carbons (Fsp3) is 0.545. The molecule has 1 rings (SSSR count). The molecule has 0 aliphatic heterocycles. The molecular weight excluding hydrogens is 258 g/mol. The second-order valence-electron chi connectivity index (χ2n) is 4.01. The highest BCUT2D eigenvalue weighted by atomic mass is 32.2. The number of pyridine rings is 1. The molecule has 1 atom stereocenters. The van der Waals surface area contributed by atoms with Gasteiger partial charge in [-0.25, -0.2) is 19.6 Å². The van der Waals surface area contributed by atoms with Crippen LogP contribution in [0, 0.1) is 11.6 Å². The van der Waals surface area contributed by atoms with Crippen molar-refractivity contribution in [1.82, 2.24) is 4.98 Å². The molecule has 0 aliphatic rings. The van der Waals surface area contributed by atoms with Crippen molar-refractivity contribution in [3.8, 4) is 0 Å². The lowest BCUT2D eigenvalue weighted by Gasteiger charge is -2.26. The van der Waals surface area contributed by atoms with Gasteiger partial charge >= 0.3 is 0 Å². The Balaban J connectivity index is 2.94. The van der Waals surface area contributed by atoms with Crippen molar-refractivity contribution < 1.29 is 8.78 Å². The smallest absolute Gasteiger partial charge is 0.178 e. The summed E-state index contributed by atoms with van der Waals surface area (Å²) in [6.45, 7) is 1.97. The molecule has 1 unspecified atom stereocenters. The maximum Gasteiger partial charge on any atom is 0.178 e. The molecule has 18 heavy (non-hydrogen) atoms. The minimum Gasteiger partial charge on any atom is -0.354 e. The predicted molar refractivity (Wildman–Crippen MR) is 72.8 cm³/mol. The molecule has 0 fully saturated rings. The van der Waals surface area contributed by atoms with Crippen LogP contribution < -0.4 is 16.2 Å². The van der Waals surface area contributed by atoms with Gasteiger partial charge in [0.1, 0.15) is 0 Å². The molecule has 0 saturated heterocycles. The van der Waals surface area contributed by atoms with Crippen molar-refractivity contribution in [2.45, 2.75) is 19.4 Å². The van der Waals surface area contributed by atoms with Gasteiger partial charge in [-0.1, -0.05) is 0 Å². The molecule has 0 spiro atoms. The zero-order chi connectivity index (χ0) is 13.7. The highest BCUT2D eigenvalue weighted by molar-refractivity contribution is 7.98. The Morgan fingerprint density at radius 3 is 2.72 bits per heavy atom. The van der Waals surface area contributed by atoms with Gasteiger partial charge in [0.15, 0.2) is 23.3 Å². The maximum atomic E-state index is 13.7. The minimum absolute atomic E-state index is 0.0953. The summed E-state index contributed by atoms with van der Waals surface area (Å²) < 4.78 is 26.9. The van der Waals surface area contributed by atoms with E-state index >= 15 is 0 Å². The lowest BCUT2D eigenvalue weighted by Crippen LogP contribution is -2.31. The Hall–Kier alpha value is -1.08. The third-order valence-electron chi connectivity index (χ3n) is 2.78. The average Bonchev–Trinajstić information content (AvgIpc) is 2.35. The molecule has 0 radical (unpaired) electrons. The number of anilines is 2. The van der Waals surface area contributed by atoms with E-state index in [0.717, 1.165) is 18.2 Å². The van der Waals surface area contributed by atoms with Gasteiger partial charge in [0, 0.05) is 19.2 Å². The van der Waals surface area contributed by atoms with Gasteiger partial charge in [0.25, 0.3) is 0 Å². The first kappa shape index (κ1) is 15.0. The molecule has 0 aliphatic carbocycles. The number of hydrogen-bond donors (Lipinski definition) is 2. The largest absolute Gasteiger partial charge is 0.354 e. The van der Waals surface area contributed by atoms with Crippen molar-refractivity contribution >= 4 is 23.4 Å². The van der Waals surface area contributed by atoms with E-state index in [9.17, 15) is 8.78 Å². The normalized spacial score (nSPS) is 12.3. The summed E-state index contributed by atoms with van der Waals surface area (Å²) in [6, 6.07) is 0.894. The van der Waals surface area contributed by atoms with Crippen molar-refractivity contribution in [3.63, 3.8) is 0 Å². The minimum atomic E-state index is -0.802. The molecule has 0 saturated carbocycles. The molecule has 7 heteroatoms. The summed E-state index contributed by atoms with van der Waals surface area (Å²) in [6.07, 6.45) is 2.90. The highest BCUT2D eigenvalue weighted by Gasteiger charge is 2.18. The van der Waals surface area contributed by atoms with Gasteiger partial charge in [-0.3, -0.25) is 0 Å². The third kappa shape index (κ3) is 3.46. The fourth-order valence-electron chi connectivity index (χ4n) is 1.50. The molecule has 1 aromatic heterocycles. The van der Waals surface area contributed by atoms with Crippen LogP contribution in [0.15, 0.2) is 6.07 Å². The van der Waals surface area contributed by atoms with E-state index in [1.165, 1.54) is 0 Å². The first-order valence-electron chi connectivity index (χ1n) is 5.55. The Morgan fingerprint density at radius 2 is 2.17 bits per heavy atom. The van der Waals surface area contributed by atoms with Crippen molar-refractivity contribution in [1.29, 1.82) is 0 Å². The van der Waals surface area contributed by atoms with Crippen LogP contribution in [0.4, 0.5) is 20.4 Å². The summed E-state index contributed by atoms with van der Waals surface area (Å²) in [5.74, 6) is 4.54. The number of nitrogen functional groups attached to an aromatic ring is 1. The summed E-state index contributed by atoms with van der Waals surface area (Å²) in [5.41, 5.74) is 2.12. The molecule has 0 amide bonds. The molecular formula is C11H18F2N4S. The SMILES string of the molecule is CSCCC(C)N(C)c1nc(NN)c(F)cc1F. The zero-order valence-corrected chi connectivity index (χ0v) is 11.5. The van der Waals surface area contributed by atoms with Gasteiger partial charge in [0.2, 0.25) is 0 Å². The standard InChI is InChI=1S/C11H18F2N4S/c1-7(4-5-18-3)17(2)11-9(13)6-8(12)10(15-11)16-14/h6-7H,4-5,14H2,1-3H3,(H,15,16). The average molecular weight is 276 g/mol. The van der Waals surface area contributed by atoms with Crippen LogP contribution in [-0.2, 0) is 0 Å². The Morgan fingerprint density at radius 1 is 1.50 bits per heavy atom. The number of hydrazine groups is 1. The van der Waals surface area contributed by atoms with Crippen LogP contribution in [0.5, 0.6) is 0 Å². The number of hydrogen-bond acceptors (Lipinski definition) is 5. The first-order valence-corrected chi connectivity index (χ1v) is 6.95. The number of rotatable bonds is 6. The summed E-state index contributed by atoms with van der Waals surface area (Å²) in [4.78, 5) is 5.54. The van der Waals surface area contributed by atoms with E-state index in [0.29, 0.717) is 0 Å². The molecule has 1 aromatic rings. The lowest BCUT2D eigenvalue weighted by atomic mass is 10.2. The second-order valence-corrected chi connectivity index (χ2v) is 5.00. The fourth-order valence-corrected chi connectivity index (χ4v) is 2.07. The van der Waals surface area contributed by atoms with Gasteiger partial charge in [-0.15, -0.1) is 0 Å². The van der Waals surface area contributed by atoms with E-state index in [2.05, 4.69) is 10.4 Å². The van der Waals surface area contributed by atoms with E-state index in [-0.39, 0.29) is 17.7 Å². The van der Waals surface area contributed by atoms with Gasteiger partial charge < -0.3 is 10.3 Å². The molecule has 0 aromatic carbocycles. The van der Waals surface area contributed by atoms with Crippen LogP contribution in [0.3, 0.4) is 0 Å². The van der Waals surface area contributed by atoms with Crippen LogP contribution >= 0.6 is 11.8 Å². The van der Waals surface area contributed by atoms with Crippen LogP contribution in [0.25, 0.3) is 0 Å². The van der Waals surface area contributed by atoms with Crippen LogP contribution in [0.1, 0.15) is 13.3 Å². The first-order chi connectivity index (χ1) is 8.51. The number of thioether (sulfide) groups is 1. The Labute approximate surface area is 110 Å². The summed E-state index contributed by atoms with van der Waals surface area (Å²) in [5, 5.41) is 0. The highest BCUT2D eigenvalue weighted by Crippen LogP contribution is 2.23. The molecule has 102 valence electrons. The predicted octanol–water partition coefficient (Wildman–Crippen LogP) is 2.22. The Kier molecular flexibility index (Phi) is 5.61. The van der Waals surface area contributed by atoms with Gasteiger partial charge in [0.05, 0.1) is 0 Å². The summed E-state index contributed by atoms with van der Waals surface area (Å²) >= 11 is 1.72. The van der Waals surface area contributed by atoms with Crippen molar-refractivity contribution in [3.05, 3.63) is 17.7 Å². The van der Waals surface area contributed by atoms with E-state index in [1.54, 1.807) is 23.7 Å². The molecule has 3 N–H and O–H groups in total. The monoisotopic (exact) mass is 276 g/mol. The quantitative estimate of drug-likeness (QED) is 0.616. The van der Waals surface area contributed by atoms with Crippen molar-refractivity contribution in [2.75, 3.05) is 29.4 Å². The zero-order valence-electron chi connectivity index (χ0n) is 10.7. The van der Waals surface area contributed by atoms with Crippen LogP contribution in [0.2, 0.25) is 0 Å². The van der Waals surface area contributed by atoms with E-state index in [1.807, 2.05) is 13.2 Å². The lowest BCUT2D eigenvalue weighted by molar-refractivity contribution is 0.561. The van der Waals surface area contributed by atoms with Gasteiger partial charge in [-0.05, 0) is 25.4 Å².